The summed E-state index contributed by atoms with van der Waals surface area (Å²) in [6, 6.07) is 4.80. The van der Waals surface area contributed by atoms with Crippen LogP contribution in [0.15, 0.2) is 24.3 Å². The first kappa shape index (κ1) is 32.4. The van der Waals surface area contributed by atoms with Gasteiger partial charge in [0.15, 0.2) is 12.3 Å². The zero-order chi connectivity index (χ0) is 31.9. The number of carbonyl (C=O) groups excluding carboxylic acids is 3. The number of rotatable bonds is 7. The van der Waals surface area contributed by atoms with E-state index >= 15 is 0 Å². The maximum atomic E-state index is 14.3. The molecule has 0 bridgehead atoms. The SMILES string of the molecule is CC(C)C[C@H]1ON(C(=O)/C=C/c2nc3cc(O)ccc3s2)[C@H]2CN(C3CCN(C(C)C)CC3)C(=O)[C@H](CC(C)(C)C)N2C1=O. The molecule has 240 valence electrons. The van der Waals surface area contributed by atoms with Crippen molar-refractivity contribution >= 4 is 45.4 Å². The monoisotopic (exact) mass is 625 g/mol. The van der Waals surface area contributed by atoms with E-state index in [2.05, 4.69) is 44.5 Å². The van der Waals surface area contributed by atoms with E-state index in [1.807, 2.05) is 18.7 Å². The summed E-state index contributed by atoms with van der Waals surface area (Å²) in [6.45, 7) is 16.7. The molecule has 3 saturated heterocycles. The van der Waals surface area contributed by atoms with Gasteiger partial charge in [-0.15, -0.1) is 11.3 Å². The number of likely N-dealkylation sites (tertiary alicyclic amines) is 1. The number of hydroxylamine groups is 2. The van der Waals surface area contributed by atoms with Gasteiger partial charge in [-0.3, -0.25) is 19.2 Å². The number of piperazine rings is 1. The van der Waals surface area contributed by atoms with Gasteiger partial charge in [-0.25, -0.2) is 4.98 Å². The fourth-order valence-electron chi connectivity index (χ4n) is 6.58. The maximum Gasteiger partial charge on any atom is 0.272 e. The standard InChI is InChI=1S/C33H47N5O5S/c1-20(2)16-26-32(42)37-25(18-33(5,6)7)31(41)36(22-12-14-35(15-13-22)21(3)4)19-29(37)38(43-26)30(40)11-10-28-34-24-17-23(39)8-9-27(24)44-28/h8-11,17,20-22,25-26,29,39H,12-16,18-19H2,1-7H3/b11-10+/t25-,26+,29-/m0/s1. The van der Waals surface area contributed by atoms with Crippen molar-refractivity contribution in [3.63, 3.8) is 0 Å². The molecule has 3 amide bonds. The number of amides is 3. The van der Waals surface area contributed by atoms with Crippen molar-refractivity contribution in [1.29, 1.82) is 0 Å². The summed E-state index contributed by atoms with van der Waals surface area (Å²) in [5.74, 6) is -0.371. The van der Waals surface area contributed by atoms with Crippen molar-refractivity contribution in [3.05, 3.63) is 29.3 Å². The summed E-state index contributed by atoms with van der Waals surface area (Å²) >= 11 is 1.41. The number of benzene rings is 1. The molecule has 0 aliphatic carbocycles. The van der Waals surface area contributed by atoms with Crippen LogP contribution in [0.25, 0.3) is 16.3 Å². The number of hydrogen-bond donors (Lipinski definition) is 1. The second-order valence-corrected chi connectivity index (χ2v) is 15.3. The summed E-state index contributed by atoms with van der Waals surface area (Å²) in [5.41, 5.74) is 0.428. The molecular weight excluding hydrogens is 578 g/mol. The molecule has 0 spiro atoms. The van der Waals surface area contributed by atoms with E-state index in [0.29, 0.717) is 29.4 Å². The Morgan fingerprint density at radius 3 is 2.48 bits per heavy atom. The summed E-state index contributed by atoms with van der Waals surface area (Å²) in [6.07, 6.45) is 4.11. The first-order chi connectivity index (χ1) is 20.7. The van der Waals surface area contributed by atoms with Gasteiger partial charge >= 0.3 is 0 Å². The van der Waals surface area contributed by atoms with Crippen LogP contribution in [0.2, 0.25) is 0 Å². The Morgan fingerprint density at radius 1 is 1.14 bits per heavy atom. The Balaban J connectivity index is 1.47. The number of thiazole rings is 1. The van der Waals surface area contributed by atoms with Gasteiger partial charge in [0.25, 0.3) is 11.8 Å². The molecule has 11 heteroatoms. The first-order valence-corrected chi connectivity index (χ1v) is 16.7. The van der Waals surface area contributed by atoms with Gasteiger partial charge in [-0.1, -0.05) is 34.6 Å². The van der Waals surface area contributed by atoms with Gasteiger partial charge in [0.2, 0.25) is 5.91 Å². The topological polar surface area (TPSA) is 107 Å². The molecule has 3 aliphatic rings. The highest BCUT2D eigenvalue weighted by molar-refractivity contribution is 7.19. The minimum absolute atomic E-state index is 0.0293. The van der Waals surface area contributed by atoms with E-state index in [-0.39, 0.29) is 41.5 Å². The number of nitrogens with zero attached hydrogens (tertiary/aromatic N) is 5. The van der Waals surface area contributed by atoms with E-state index in [9.17, 15) is 19.5 Å². The van der Waals surface area contributed by atoms with E-state index < -0.39 is 24.2 Å². The van der Waals surface area contributed by atoms with E-state index in [1.165, 1.54) is 22.5 Å². The number of phenols is 1. The molecule has 1 aromatic carbocycles. The predicted octanol–water partition coefficient (Wildman–Crippen LogP) is 4.88. The van der Waals surface area contributed by atoms with Crippen molar-refractivity contribution in [2.24, 2.45) is 11.3 Å². The number of hydrogen-bond acceptors (Lipinski definition) is 8. The van der Waals surface area contributed by atoms with Crippen LogP contribution < -0.4 is 0 Å². The molecule has 3 fully saturated rings. The van der Waals surface area contributed by atoms with Gasteiger partial charge in [-0.05, 0) is 69.1 Å². The smallest absolute Gasteiger partial charge is 0.272 e. The Bertz CT molecular complexity index is 1410. The molecule has 5 rings (SSSR count). The van der Waals surface area contributed by atoms with Crippen LogP contribution in [0.1, 0.15) is 79.2 Å². The highest BCUT2D eigenvalue weighted by atomic mass is 32.1. The molecule has 4 heterocycles. The molecule has 1 N–H and O–H groups in total. The van der Waals surface area contributed by atoms with Crippen LogP contribution in [0.3, 0.4) is 0 Å². The average Bonchev–Trinajstić information content (AvgIpc) is 3.35. The number of aromatic nitrogens is 1. The van der Waals surface area contributed by atoms with Gasteiger partial charge in [-0.2, -0.15) is 5.06 Å². The zero-order valence-electron chi connectivity index (χ0n) is 27.0. The molecule has 2 aromatic rings. The summed E-state index contributed by atoms with van der Waals surface area (Å²) in [4.78, 5) is 59.0. The van der Waals surface area contributed by atoms with Crippen molar-refractivity contribution < 1.29 is 24.3 Å². The summed E-state index contributed by atoms with van der Waals surface area (Å²) in [5, 5.41) is 11.8. The van der Waals surface area contributed by atoms with E-state index in [0.717, 1.165) is 30.6 Å². The fraction of sp³-hybridized carbons (Fsp3) is 0.636. The minimum Gasteiger partial charge on any atom is -0.508 e. The van der Waals surface area contributed by atoms with Crippen molar-refractivity contribution in [2.45, 2.75) is 105 Å². The van der Waals surface area contributed by atoms with Gasteiger partial charge < -0.3 is 19.8 Å². The van der Waals surface area contributed by atoms with Crippen LogP contribution in [0, 0.1) is 11.3 Å². The first-order valence-electron chi connectivity index (χ1n) is 15.9. The number of phenolic OH excluding ortho intramolecular Hbond substituents is 1. The zero-order valence-corrected chi connectivity index (χ0v) is 27.8. The van der Waals surface area contributed by atoms with Gasteiger partial charge in [0, 0.05) is 37.3 Å². The van der Waals surface area contributed by atoms with Crippen molar-refractivity contribution in [1.82, 2.24) is 24.7 Å². The van der Waals surface area contributed by atoms with E-state index in [4.69, 9.17) is 4.84 Å². The average molecular weight is 626 g/mol. The lowest BCUT2D eigenvalue weighted by atomic mass is 9.84. The fourth-order valence-corrected chi connectivity index (χ4v) is 7.43. The van der Waals surface area contributed by atoms with Gasteiger partial charge in [0.05, 0.1) is 16.8 Å². The molecule has 0 unspecified atom stereocenters. The van der Waals surface area contributed by atoms with E-state index in [1.54, 1.807) is 29.2 Å². The quantitative estimate of drug-likeness (QED) is 0.438. The van der Waals surface area contributed by atoms with Crippen molar-refractivity contribution in [3.8, 4) is 5.75 Å². The third kappa shape index (κ3) is 6.94. The number of fused-ring (bicyclic) bond motifs is 2. The molecule has 3 atom stereocenters. The van der Waals surface area contributed by atoms with Crippen LogP contribution >= 0.6 is 11.3 Å². The number of aromatic hydroxyl groups is 1. The Kier molecular flexibility index (Phi) is 9.39. The normalized spacial score (nSPS) is 24.4. The molecule has 3 aliphatic heterocycles. The summed E-state index contributed by atoms with van der Waals surface area (Å²) in [7, 11) is 0. The maximum absolute atomic E-state index is 14.3. The second kappa shape index (κ2) is 12.8. The predicted molar refractivity (Wildman–Crippen MR) is 171 cm³/mol. The number of carbonyl (C=O) groups is 3. The second-order valence-electron chi connectivity index (χ2n) is 14.3. The lowest BCUT2D eigenvalue weighted by Crippen LogP contribution is -2.74. The Morgan fingerprint density at radius 2 is 1.84 bits per heavy atom. The molecule has 0 saturated carbocycles. The number of piperidine rings is 1. The van der Waals surface area contributed by atoms with Gasteiger partial charge in [0.1, 0.15) is 16.8 Å². The third-order valence-electron chi connectivity index (χ3n) is 8.76. The molecule has 10 nitrogen and oxygen atoms in total. The van der Waals surface area contributed by atoms with Crippen LogP contribution in [-0.2, 0) is 19.2 Å². The van der Waals surface area contributed by atoms with Crippen LogP contribution in [-0.4, -0.2) is 97.6 Å². The molecular formula is C33H47N5O5S. The van der Waals surface area contributed by atoms with Crippen LogP contribution in [0.4, 0.5) is 0 Å². The molecule has 44 heavy (non-hydrogen) atoms. The Hall–Kier alpha value is -3.02. The molecule has 0 radical (unpaired) electrons. The molecule has 1 aromatic heterocycles. The lowest BCUT2D eigenvalue weighted by molar-refractivity contribution is -0.276. The largest absolute Gasteiger partial charge is 0.508 e. The third-order valence-corrected chi connectivity index (χ3v) is 9.76. The summed E-state index contributed by atoms with van der Waals surface area (Å²) < 4.78 is 0.896. The van der Waals surface area contributed by atoms with Crippen molar-refractivity contribution in [2.75, 3.05) is 19.6 Å². The highest BCUT2D eigenvalue weighted by Gasteiger charge is 2.54. The highest BCUT2D eigenvalue weighted by Crippen LogP contribution is 2.36. The lowest BCUT2D eigenvalue weighted by Gasteiger charge is -2.55. The minimum atomic E-state index is -0.856. The Labute approximate surface area is 264 Å². The van der Waals surface area contributed by atoms with Crippen LogP contribution in [0.5, 0.6) is 5.75 Å².